The Morgan fingerprint density at radius 1 is 1.29 bits per heavy atom. The van der Waals surface area contributed by atoms with E-state index >= 15 is 0 Å². The molecule has 0 atom stereocenters. The number of aromatic nitrogens is 3. The number of furan rings is 1. The minimum atomic E-state index is -0.183. The van der Waals surface area contributed by atoms with Crippen molar-refractivity contribution < 1.29 is 9.21 Å². The summed E-state index contributed by atoms with van der Waals surface area (Å²) < 4.78 is 5.31. The Bertz CT molecular complexity index is 834. The van der Waals surface area contributed by atoms with Gasteiger partial charge in [-0.2, -0.15) is 0 Å². The first-order chi connectivity index (χ1) is 11.4. The van der Waals surface area contributed by atoms with Crippen LogP contribution in [0.25, 0.3) is 11.5 Å². The molecule has 0 fully saturated rings. The number of carbonyl (C=O) groups excluding carboxylic acids is 1. The van der Waals surface area contributed by atoms with Crippen molar-refractivity contribution in [2.45, 2.75) is 32.7 Å². The molecule has 3 aromatic rings. The molecule has 1 N–H and O–H groups in total. The molecule has 7 heteroatoms. The van der Waals surface area contributed by atoms with Crippen LogP contribution in [0.15, 0.2) is 41.1 Å². The summed E-state index contributed by atoms with van der Waals surface area (Å²) in [6.07, 6.45) is 3.17. The molecule has 0 aliphatic heterocycles. The predicted molar refractivity (Wildman–Crippen MR) is 91.7 cm³/mol. The molecule has 1 amide bonds. The molecule has 0 aliphatic rings. The van der Waals surface area contributed by atoms with Gasteiger partial charge in [0.05, 0.1) is 12.8 Å². The fraction of sp³-hybridized carbons (Fsp3) is 0.294. The maximum Gasteiger partial charge on any atom is 0.251 e. The lowest BCUT2D eigenvalue weighted by molar-refractivity contribution is 0.0950. The SMILES string of the molecule is CC(C)(C)c1nnc(CNC(=O)c2ccnc(-c3ccco3)c2)s1. The Balaban J connectivity index is 1.67. The first-order valence-corrected chi connectivity index (χ1v) is 8.36. The van der Waals surface area contributed by atoms with E-state index in [4.69, 9.17) is 4.42 Å². The van der Waals surface area contributed by atoms with Crippen LogP contribution in [0.3, 0.4) is 0 Å². The summed E-state index contributed by atoms with van der Waals surface area (Å²) in [6.45, 7) is 6.61. The van der Waals surface area contributed by atoms with E-state index in [1.54, 1.807) is 36.7 Å². The molecule has 0 saturated carbocycles. The molecule has 0 bridgehead atoms. The summed E-state index contributed by atoms with van der Waals surface area (Å²) in [6, 6.07) is 6.96. The van der Waals surface area contributed by atoms with E-state index in [1.807, 2.05) is 0 Å². The second kappa shape index (κ2) is 6.52. The quantitative estimate of drug-likeness (QED) is 0.786. The van der Waals surface area contributed by atoms with Crippen LogP contribution < -0.4 is 5.32 Å². The number of nitrogens with zero attached hydrogens (tertiary/aromatic N) is 3. The Kier molecular flexibility index (Phi) is 4.44. The van der Waals surface area contributed by atoms with Gasteiger partial charge in [0.1, 0.15) is 15.7 Å². The number of carbonyl (C=O) groups is 1. The molecule has 0 saturated heterocycles. The van der Waals surface area contributed by atoms with Gasteiger partial charge in [0.2, 0.25) is 0 Å². The van der Waals surface area contributed by atoms with Gasteiger partial charge in [0, 0.05) is 17.2 Å². The van der Waals surface area contributed by atoms with Crippen LogP contribution in [-0.4, -0.2) is 21.1 Å². The molecule has 0 spiro atoms. The highest BCUT2D eigenvalue weighted by molar-refractivity contribution is 7.11. The van der Waals surface area contributed by atoms with Crippen LogP contribution in [0.1, 0.15) is 41.1 Å². The van der Waals surface area contributed by atoms with Crippen molar-refractivity contribution in [1.29, 1.82) is 0 Å². The molecule has 3 heterocycles. The van der Waals surface area contributed by atoms with Crippen molar-refractivity contribution in [3.8, 4) is 11.5 Å². The van der Waals surface area contributed by atoms with Gasteiger partial charge < -0.3 is 9.73 Å². The Hall–Kier alpha value is -2.54. The number of rotatable bonds is 4. The van der Waals surface area contributed by atoms with Gasteiger partial charge in [-0.3, -0.25) is 9.78 Å². The molecule has 0 unspecified atom stereocenters. The van der Waals surface area contributed by atoms with Gasteiger partial charge >= 0.3 is 0 Å². The number of amides is 1. The van der Waals surface area contributed by atoms with Crippen LogP contribution in [0, 0.1) is 0 Å². The third kappa shape index (κ3) is 3.68. The highest BCUT2D eigenvalue weighted by Crippen LogP contribution is 2.25. The fourth-order valence-corrected chi connectivity index (χ4v) is 2.85. The van der Waals surface area contributed by atoms with Crippen molar-refractivity contribution >= 4 is 17.2 Å². The van der Waals surface area contributed by atoms with Crippen LogP contribution in [0.4, 0.5) is 0 Å². The molecule has 3 rings (SSSR count). The lowest BCUT2D eigenvalue weighted by Gasteiger charge is -2.12. The van der Waals surface area contributed by atoms with Crippen molar-refractivity contribution in [3.05, 3.63) is 52.3 Å². The summed E-state index contributed by atoms with van der Waals surface area (Å²) in [5.41, 5.74) is 1.11. The van der Waals surface area contributed by atoms with Crippen LogP contribution >= 0.6 is 11.3 Å². The maximum atomic E-state index is 12.3. The van der Waals surface area contributed by atoms with E-state index in [-0.39, 0.29) is 11.3 Å². The maximum absolute atomic E-state index is 12.3. The van der Waals surface area contributed by atoms with E-state index in [1.165, 1.54) is 11.3 Å². The Morgan fingerprint density at radius 3 is 2.79 bits per heavy atom. The average Bonchev–Trinajstić information content (AvgIpc) is 3.23. The molecule has 124 valence electrons. The van der Waals surface area contributed by atoms with Gasteiger partial charge in [-0.25, -0.2) is 0 Å². The Labute approximate surface area is 144 Å². The van der Waals surface area contributed by atoms with Crippen molar-refractivity contribution in [3.63, 3.8) is 0 Å². The fourth-order valence-electron chi connectivity index (χ4n) is 2.02. The number of hydrogen-bond acceptors (Lipinski definition) is 6. The highest BCUT2D eigenvalue weighted by Gasteiger charge is 2.19. The first-order valence-electron chi connectivity index (χ1n) is 7.54. The highest BCUT2D eigenvalue weighted by atomic mass is 32.1. The monoisotopic (exact) mass is 342 g/mol. The normalized spacial score (nSPS) is 11.5. The first kappa shape index (κ1) is 16.3. The number of hydrogen-bond donors (Lipinski definition) is 1. The second-order valence-electron chi connectivity index (χ2n) is 6.34. The van der Waals surface area contributed by atoms with Gasteiger partial charge in [0.25, 0.3) is 5.91 Å². The van der Waals surface area contributed by atoms with Gasteiger partial charge in [0.15, 0.2) is 5.76 Å². The number of pyridine rings is 1. The summed E-state index contributed by atoms with van der Waals surface area (Å²) in [4.78, 5) is 16.5. The molecule has 0 radical (unpaired) electrons. The Morgan fingerprint density at radius 2 is 2.12 bits per heavy atom. The molecule has 3 aromatic heterocycles. The van der Waals surface area contributed by atoms with E-state index in [0.29, 0.717) is 23.6 Å². The standard InChI is InChI=1S/C17H18N4O2S/c1-17(2,3)16-21-20-14(24-16)10-19-15(22)11-6-7-18-12(9-11)13-5-4-8-23-13/h4-9H,10H2,1-3H3,(H,19,22). The minimum absolute atomic E-state index is 0.0387. The molecule has 6 nitrogen and oxygen atoms in total. The van der Waals surface area contributed by atoms with E-state index in [2.05, 4.69) is 41.3 Å². The topological polar surface area (TPSA) is 80.9 Å². The zero-order valence-corrected chi connectivity index (χ0v) is 14.6. The van der Waals surface area contributed by atoms with E-state index < -0.39 is 0 Å². The van der Waals surface area contributed by atoms with Crippen LogP contribution in [0.2, 0.25) is 0 Å². The van der Waals surface area contributed by atoms with Crippen molar-refractivity contribution in [1.82, 2.24) is 20.5 Å². The lowest BCUT2D eigenvalue weighted by Crippen LogP contribution is -2.22. The summed E-state index contributed by atoms with van der Waals surface area (Å²) in [5.74, 6) is 0.446. The van der Waals surface area contributed by atoms with Crippen molar-refractivity contribution in [2.24, 2.45) is 0 Å². The summed E-state index contributed by atoms with van der Waals surface area (Å²) in [7, 11) is 0. The van der Waals surface area contributed by atoms with Crippen LogP contribution in [-0.2, 0) is 12.0 Å². The summed E-state index contributed by atoms with van der Waals surface area (Å²) >= 11 is 1.51. The van der Waals surface area contributed by atoms with Crippen LogP contribution in [0.5, 0.6) is 0 Å². The largest absolute Gasteiger partial charge is 0.463 e. The van der Waals surface area contributed by atoms with Gasteiger partial charge in [-0.05, 0) is 24.3 Å². The zero-order chi connectivity index (χ0) is 17.2. The smallest absolute Gasteiger partial charge is 0.251 e. The predicted octanol–water partition coefficient (Wildman–Crippen LogP) is 3.42. The zero-order valence-electron chi connectivity index (χ0n) is 13.7. The number of nitrogens with one attached hydrogen (secondary N) is 1. The molecule has 0 aliphatic carbocycles. The minimum Gasteiger partial charge on any atom is -0.463 e. The van der Waals surface area contributed by atoms with Gasteiger partial charge in [-0.15, -0.1) is 10.2 Å². The van der Waals surface area contributed by atoms with E-state index in [9.17, 15) is 4.79 Å². The van der Waals surface area contributed by atoms with E-state index in [0.717, 1.165) is 10.0 Å². The lowest BCUT2D eigenvalue weighted by atomic mass is 9.98. The molecule has 0 aromatic carbocycles. The third-order valence-corrected chi connectivity index (χ3v) is 4.65. The summed E-state index contributed by atoms with van der Waals surface area (Å²) in [5, 5.41) is 12.9. The third-order valence-electron chi connectivity index (χ3n) is 3.30. The molecular weight excluding hydrogens is 324 g/mol. The van der Waals surface area contributed by atoms with Crippen molar-refractivity contribution in [2.75, 3.05) is 0 Å². The average molecular weight is 342 g/mol. The second-order valence-corrected chi connectivity index (χ2v) is 7.40. The molecular formula is C17H18N4O2S. The van der Waals surface area contributed by atoms with Gasteiger partial charge in [-0.1, -0.05) is 32.1 Å². The molecule has 24 heavy (non-hydrogen) atoms.